The Morgan fingerprint density at radius 2 is 1.64 bits per heavy atom. The average Bonchev–Trinajstić information content (AvgIpc) is 1.80. The number of nitrogens with two attached hydrogens (primary N) is 1. The Labute approximate surface area is 88.4 Å². The second kappa shape index (κ2) is 7.80. The van der Waals surface area contributed by atoms with Gasteiger partial charge in [0.15, 0.2) is 0 Å². The lowest BCUT2D eigenvalue weighted by Crippen LogP contribution is -2.29. The molecule has 0 saturated carbocycles. The minimum Gasteiger partial charge on any atom is -0.344 e. The molecule has 0 aromatic carbocycles. The number of carbonyl (C=O) groups excluding carboxylic acids is 1. The third-order valence-electron chi connectivity index (χ3n) is 0.893. The number of hydrogen-bond acceptors (Lipinski definition) is 2. The molecule has 3 heteroatoms. The van der Waals surface area contributed by atoms with Crippen molar-refractivity contribution in [2.24, 2.45) is 17.1 Å². The lowest BCUT2D eigenvalue weighted by Gasteiger charge is -2.05. The predicted octanol–water partition coefficient (Wildman–Crippen LogP) is 2.12. The van der Waals surface area contributed by atoms with Crippen LogP contribution < -0.4 is 11.1 Å². The number of rotatable bonds is 3. The summed E-state index contributed by atoms with van der Waals surface area (Å²) >= 11 is 0. The Hall–Kier alpha value is -0.570. The summed E-state index contributed by atoms with van der Waals surface area (Å²) < 4.78 is 0. The molecule has 0 spiro atoms. The zero-order valence-corrected chi connectivity index (χ0v) is 10.5. The molecule has 14 heavy (non-hydrogen) atoms. The Bertz CT molecular complexity index is 142. The average molecular weight is 202 g/mol. The van der Waals surface area contributed by atoms with Crippen LogP contribution in [0.15, 0.2) is 0 Å². The molecule has 1 amide bonds. The minimum atomic E-state index is 0.0347. The van der Waals surface area contributed by atoms with Crippen LogP contribution in [0.2, 0.25) is 0 Å². The van der Waals surface area contributed by atoms with Crippen LogP contribution in [0.4, 0.5) is 0 Å². The SMILES string of the molecule is CC(C)(C)C.CC(C)CC(=O)NCN. The maximum Gasteiger partial charge on any atom is 0.221 e. The summed E-state index contributed by atoms with van der Waals surface area (Å²) in [6, 6.07) is 0. The molecular weight excluding hydrogens is 176 g/mol. The van der Waals surface area contributed by atoms with Gasteiger partial charge in [-0.2, -0.15) is 0 Å². The highest BCUT2D eigenvalue weighted by atomic mass is 16.1. The summed E-state index contributed by atoms with van der Waals surface area (Å²) in [4.78, 5) is 10.7. The van der Waals surface area contributed by atoms with Crippen molar-refractivity contribution in [2.75, 3.05) is 6.67 Å². The normalized spacial score (nSPS) is 10.6. The Balaban J connectivity index is 0. The fourth-order valence-corrected chi connectivity index (χ4v) is 0.557. The van der Waals surface area contributed by atoms with Crippen molar-refractivity contribution in [1.29, 1.82) is 0 Å². The number of carbonyl (C=O) groups is 1. The molecule has 0 aliphatic carbocycles. The predicted molar refractivity (Wildman–Crippen MR) is 61.8 cm³/mol. The highest BCUT2D eigenvalue weighted by Crippen LogP contribution is 2.08. The van der Waals surface area contributed by atoms with Gasteiger partial charge in [0.2, 0.25) is 5.91 Å². The van der Waals surface area contributed by atoms with Gasteiger partial charge in [-0.25, -0.2) is 0 Å². The van der Waals surface area contributed by atoms with Crippen LogP contribution in [0.3, 0.4) is 0 Å². The van der Waals surface area contributed by atoms with Gasteiger partial charge in [-0.05, 0) is 11.3 Å². The molecule has 0 aromatic heterocycles. The second-order valence-corrected chi connectivity index (χ2v) is 5.40. The fraction of sp³-hybridized carbons (Fsp3) is 0.909. The molecule has 0 unspecified atom stereocenters. The van der Waals surface area contributed by atoms with Crippen LogP contribution in [0, 0.1) is 11.3 Å². The van der Waals surface area contributed by atoms with Crippen LogP contribution in [0.5, 0.6) is 0 Å². The molecule has 0 saturated heterocycles. The van der Waals surface area contributed by atoms with Gasteiger partial charge >= 0.3 is 0 Å². The summed E-state index contributed by atoms with van der Waals surface area (Å²) in [5.41, 5.74) is 5.57. The largest absolute Gasteiger partial charge is 0.344 e. The molecule has 0 aromatic rings. The monoisotopic (exact) mass is 202 g/mol. The Kier molecular flexibility index (Phi) is 8.85. The standard InChI is InChI=1S/C6H14N2O.C5H12/c1-5(2)3-6(9)8-4-7;1-5(2,3)4/h5H,3-4,7H2,1-2H3,(H,8,9);1-4H3. The van der Waals surface area contributed by atoms with Gasteiger partial charge in [0.25, 0.3) is 0 Å². The van der Waals surface area contributed by atoms with Crippen LogP contribution >= 0.6 is 0 Å². The summed E-state index contributed by atoms with van der Waals surface area (Å²) in [6.07, 6.45) is 0.567. The first-order valence-electron chi connectivity index (χ1n) is 5.13. The van der Waals surface area contributed by atoms with Crippen LogP contribution in [0.1, 0.15) is 48.0 Å². The van der Waals surface area contributed by atoms with Crippen LogP contribution in [-0.4, -0.2) is 12.6 Å². The van der Waals surface area contributed by atoms with Gasteiger partial charge in [-0.3, -0.25) is 4.79 Å². The van der Waals surface area contributed by atoms with E-state index >= 15 is 0 Å². The lowest BCUT2D eigenvalue weighted by atomic mass is 10.0. The van der Waals surface area contributed by atoms with Crippen LogP contribution in [0.25, 0.3) is 0 Å². The van der Waals surface area contributed by atoms with E-state index in [1.807, 2.05) is 13.8 Å². The van der Waals surface area contributed by atoms with E-state index in [0.29, 0.717) is 17.8 Å². The Morgan fingerprint density at radius 3 is 1.86 bits per heavy atom. The number of hydrogen-bond donors (Lipinski definition) is 2. The van der Waals surface area contributed by atoms with Crippen molar-refractivity contribution in [3.8, 4) is 0 Å². The summed E-state index contributed by atoms with van der Waals surface area (Å²) in [5, 5.41) is 2.52. The third-order valence-corrected chi connectivity index (χ3v) is 0.893. The summed E-state index contributed by atoms with van der Waals surface area (Å²) in [7, 11) is 0. The maximum absolute atomic E-state index is 10.7. The summed E-state index contributed by atoms with van der Waals surface area (Å²) in [5.74, 6) is 0.448. The van der Waals surface area contributed by atoms with Crippen molar-refractivity contribution in [3.63, 3.8) is 0 Å². The molecule has 0 radical (unpaired) electrons. The fourth-order valence-electron chi connectivity index (χ4n) is 0.557. The number of amides is 1. The first-order valence-corrected chi connectivity index (χ1v) is 5.13. The molecule has 0 bridgehead atoms. The smallest absolute Gasteiger partial charge is 0.221 e. The third kappa shape index (κ3) is 30.1. The van der Waals surface area contributed by atoms with Crippen molar-refractivity contribution in [2.45, 2.75) is 48.0 Å². The topological polar surface area (TPSA) is 55.1 Å². The van der Waals surface area contributed by atoms with Gasteiger partial charge in [0.1, 0.15) is 0 Å². The van der Waals surface area contributed by atoms with E-state index in [4.69, 9.17) is 5.73 Å². The Morgan fingerprint density at radius 1 is 1.29 bits per heavy atom. The van der Waals surface area contributed by atoms with Gasteiger partial charge in [0.05, 0.1) is 6.67 Å². The summed E-state index contributed by atoms with van der Waals surface area (Å²) in [6.45, 7) is 13.0. The maximum atomic E-state index is 10.7. The van der Waals surface area contributed by atoms with Crippen molar-refractivity contribution < 1.29 is 4.79 Å². The lowest BCUT2D eigenvalue weighted by molar-refractivity contribution is -0.121. The highest BCUT2D eigenvalue weighted by molar-refractivity contribution is 5.75. The molecule has 3 N–H and O–H groups in total. The van der Waals surface area contributed by atoms with E-state index in [-0.39, 0.29) is 12.6 Å². The molecular formula is C11H26N2O. The second-order valence-electron chi connectivity index (χ2n) is 5.40. The molecule has 0 heterocycles. The van der Waals surface area contributed by atoms with Crippen molar-refractivity contribution in [1.82, 2.24) is 5.32 Å². The first kappa shape index (κ1) is 15.9. The van der Waals surface area contributed by atoms with E-state index in [1.165, 1.54) is 0 Å². The van der Waals surface area contributed by atoms with Crippen molar-refractivity contribution in [3.05, 3.63) is 0 Å². The molecule has 3 nitrogen and oxygen atoms in total. The van der Waals surface area contributed by atoms with E-state index < -0.39 is 0 Å². The van der Waals surface area contributed by atoms with Crippen LogP contribution in [-0.2, 0) is 4.79 Å². The van der Waals surface area contributed by atoms with E-state index in [0.717, 1.165) is 0 Å². The molecule has 0 fully saturated rings. The van der Waals surface area contributed by atoms with Gasteiger partial charge < -0.3 is 11.1 Å². The quantitative estimate of drug-likeness (QED) is 0.689. The van der Waals surface area contributed by atoms with Gasteiger partial charge in [-0.1, -0.05) is 41.5 Å². The van der Waals surface area contributed by atoms with Crippen molar-refractivity contribution >= 4 is 5.91 Å². The molecule has 0 aliphatic rings. The zero-order chi connectivity index (χ0) is 11.8. The molecule has 0 atom stereocenters. The zero-order valence-electron chi connectivity index (χ0n) is 10.5. The van der Waals surface area contributed by atoms with E-state index in [9.17, 15) is 4.79 Å². The molecule has 86 valence electrons. The first-order chi connectivity index (χ1) is 6.16. The van der Waals surface area contributed by atoms with Gasteiger partial charge in [-0.15, -0.1) is 0 Å². The van der Waals surface area contributed by atoms with E-state index in [1.54, 1.807) is 0 Å². The van der Waals surface area contributed by atoms with Gasteiger partial charge in [0, 0.05) is 6.42 Å². The number of nitrogens with one attached hydrogen (secondary N) is 1. The molecule has 0 aliphatic heterocycles. The molecule has 0 rings (SSSR count). The van der Waals surface area contributed by atoms with E-state index in [2.05, 4.69) is 33.0 Å². The highest BCUT2D eigenvalue weighted by Gasteiger charge is 2.01. The minimum absolute atomic E-state index is 0.0347.